The molecule has 5 heteroatoms. The van der Waals surface area contributed by atoms with Crippen LogP contribution in [0.2, 0.25) is 0 Å². The molecular formula is C11H14N2O3. The van der Waals surface area contributed by atoms with E-state index >= 15 is 0 Å². The Morgan fingerprint density at radius 2 is 2.50 bits per heavy atom. The second-order valence-corrected chi connectivity index (χ2v) is 3.06. The Balaban J connectivity index is 2.76. The van der Waals surface area contributed by atoms with Gasteiger partial charge in [0.1, 0.15) is 12.4 Å². The molecule has 0 aliphatic heterocycles. The number of rotatable bonds is 5. The van der Waals surface area contributed by atoms with Crippen LogP contribution in [0.5, 0.6) is 0 Å². The third kappa shape index (κ3) is 3.06. The number of esters is 1. The van der Waals surface area contributed by atoms with E-state index in [9.17, 15) is 4.79 Å². The van der Waals surface area contributed by atoms with Crippen molar-refractivity contribution in [3.8, 4) is 0 Å². The lowest BCUT2D eigenvalue weighted by molar-refractivity contribution is -0.139. The third-order valence-corrected chi connectivity index (χ3v) is 1.89. The maximum atomic E-state index is 11.4. The Labute approximate surface area is 93.7 Å². The van der Waals surface area contributed by atoms with E-state index in [2.05, 4.69) is 11.6 Å². The normalized spacial score (nSPS) is 11.2. The van der Waals surface area contributed by atoms with Crippen molar-refractivity contribution in [1.29, 1.82) is 0 Å². The van der Waals surface area contributed by atoms with Gasteiger partial charge in [-0.25, -0.2) is 9.78 Å². The number of aromatic nitrogens is 2. The first kappa shape index (κ1) is 12.2. The quantitative estimate of drug-likeness (QED) is 0.594. The number of aliphatic hydroxyl groups is 1. The first-order valence-electron chi connectivity index (χ1n) is 4.80. The molecule has 0 amide bonds. The number of carbonyl (C=O) groups excluding carboxylic acids is 1. The van der Waals surface area contributed by atoms with E-state index < -0.39 is 5.97 Å². The molecule has 0 bridgehead atoms. The summed E-state index contributed by atoms with van der Waals surface area (Å²) in [5.41, 5.74) is 0.419. The molecule has 0 fully saturated rings. The number of carbonyl (C=O) groups is 1. The summed E-state index contributed by atoms with van der Waals surface area (Å²) in [6.07, 6.45) is 6.53. The van der Waals surface area contributed by atoms with Crippen LogP contribution < -0.4 is 0 Å². The van der Waals surface area contributed by atoms with E-state index in [1.54, 1.807) is 36.2 Å². The lowest BCUT2D eigenvalue weighted by Gasteiger charge is -2.02. The van der Waals surface area contributed by atoms with Crippen molar-refractivity contribution in [2.75, 3.05) is 13.2 Å². The van der Waals surface area contributed by atoms with Gasteiger partial charge in [0, 0.05) is 24.2 Å². The maximum absolute atomic E-state index is 11.4. The highest BCUT2D eigenvalue weighted by Crippen LogP contribution is 2.06. The molecule has 0 saturated carbocycles. The lowest BCUT2D eigenvalue weighted by atomic mass is 10.3. The number of imidazole rings is 1. The van der Waals surface area contributed by atoms with Gasteiger partial charge in [-0.05, 0) is 13.0 Å². The molecule has 0 saturated heterocycles. The molecule has 0 radical (unpaired) electrons. The van der Waals surface area contributed by atoms with Gasteiger partial charge in [-0.2, -0.15) is 0 Å². The summed E-state index contributed by atoms with van der Waals surface area (Å²) < 4.78 is 6.44. The van der Waals surface area contributed by atoms with E-state index in [1.807, 2.05) is 0 Å². The van der Waals surface area contributed by atoms with Crippen LogP contribution in [0.3, 0.4) is 0 Å². The molecule has 5 nitrogen and oxygen atoms in total. The predicted octanol–water partition coefficient (Wildman–Crippen LogP) is 0.922. The van der Waals surface area contributed by atoms with Crippen molar-refractivity contribution in [3.05, 3.63) is 30.4 Å². The molecule has 0 aromatic carbocycles. The summed E-state index contributed by atoms with van der Waals surface area (Å²) in [6.45, 7) is 5.06. The average Bonchev–Trinajstić information content (AvgIpc) is 2.72. The van der Waals surface area contributed by atoms with E-state index in [-0.39, 0.29) is 13.2 Å². The fraction of sp³-hybridized carbons (Fsp3) is 0.273. The highest BCUT2D eigenvalue weighted by atomic mass is 16.5. The maximum Gasteiger partial charge on any atom is 0.333 e. The van der Waals surface area contributed by atoms with Crippen LogP contribution in [0.25, 0.3) is 12.3 Å². The number of aliphatic hydroxyl groups excluding tert-OH is 1. The lowest BCUT2D eigenvalue weighted by Crippen LogP contribution is -2.09. The second kappa shape index (κ2) is 5.87. The van der Waals surface area contributed by atoms with Gasteiger partial charge < -0.3 is 14.4 Å². The zero-order valence-electron chi connectivity index (χ0n) is 9.09. The molecule has 0 spiro atoms. The molecule has 86 valence electrons. The van der Waals surface area contributed by atoms with Crippen molar-refractivity contribution < 1.29 is 14.6 Å². The van der Waals surface area contributed by atoms with Crippen LogP contribution in [0.15, 0.2) is 24.5 Å². The van der Waals surface area contributed by atoms with Gasteiger partial charge in [0.2, 0.25) is 0 Å². The number of hydrogen-bond acceptors (Lipinski definition) is 4. The van der Waals surface area contributed by atoms with Crippen molar-refractivity contribution in [1.82, 2.24) is 9.55 Å². The van der Waals surface area contributed by atoms with Crippen LogP contribution in [0, 0.1) is 0 Å². The average molecular weight is 222 g/mol. The first-order valence-corrected chi connectivity index (χ1v) is 4.80. The van der Waals surface area contributed by atoms with Gasteiger partial charge in [-0.3, -0.25) is 0 Å². The summed E-state index contributed by atoms with van der Waals surface area (Å²) in [7, 11) is 0. The topological polar surface area (TPSA) is 64.4 Å². The Kier molecular flexibility index (Phi) is 4.47. The number of nitrogens with zero attached hydrogens (tertiary/aromatic N) is 2. The zero-order valence-corrected chi connectivity index (χ0v) is 9.09. The smallest absolute Gasteiger partial charge is 0.333 e. The summed E-state index contributed by atoms with van der Waals surface area (Å²) in [5, 5.41) is 8.51. The minimum absolute atomic E-state index is 0.0000872. The van der Waals surface area contributed by atoms with Crippen LogP contribution in [0.4, 0.5) is 0 Å². The second-order valence-electron chi connectivity index (χ2n) is 3.06. The first-order chi connectivity index (χ1) is 7.69. The van der Waals surface area contributed by atoms with E-state index in [4.69, 9.17) is 9.84 Å². The molecule has 16 heavy (non-hydrogen) atoms. The third-order valence-electron chi connectivity index (χ3n) is 1.89. The minimum Gasteiger partial charge on any atom is -0.460 e. The monoisotopic (exact) mass is 222 g/mol. The van der Waals surface area contributed by atoms with Gasteiger partial charge in [0.15, 0.2) is 0 Å². The van der Waals surface area contributed by atoms with Crippen LogP contribution in [-0.2, 0) is 9.53 Å². The molecule has 1 N–H and O–H groups in total. The van der Waals surface area contributed by atoms with Crippen molar-refractivity contribution in [2.24, 2.45) is 0 Å². The predicted molar refractivity (Wildman–Crippen MR) is 60.3 cm³/mol. The van der Waals surface area contributed by atoms with Gasteiger partial charge in [-0.1, -0.05) is 6.58 Å². The summed E-state index contributed by atoms with van der Waals surface area (Å²) in [6, 6.07) is 0. The Morgan fingerprint density at radius 1 is 1.75 bits per heavy atom. The highest BCUT2D eigenvalue weighted by Gasteiger charge is 2.06. The van der Waals surface area contributed by atoms with Gasteiger partial charge in [-0.15, -0.1) is 0 Å². The Hall–Kier alpha value is -1.88. The molecule has 1 rings (SSSR count). The van der Waals surface area contributed by atoms with Crippen molar-refractivity contribution in [2.45, 2.75) is 6.92 Å². The van der Waals surface area contributed by atoms with Crippen LogP contribution in [0.1, 0.15) is 12.7 Å². The fourth-order valence-electron chi connectivity index (χ4n) is 1.10. The van der Waals surface area contributed by atoms with Crippen molar-refractivity contribution in [3.63, 3.8) is 0 Å². The van der Waals surface area contributed by atoms with Crippen LogP contribution in [-0.4, -0.2) is 33.8 Å². The van der Waals surface area contributed by atoms with E-state index in [0.29, 0.717) is 11.4 Å². The largest absolute Gasteiger partial charge is 0.460 e. The zero-order chi connectivity index (χ0) is 12.0. The van der Waals surface area contributed by atoms with Gasteiger partial charge in [0.05, 0.1) is 6.61 Å². The Morgan fingerprint density at radius 3 is 3.12 bits per heavy atom. The Bertz CT molecular complexity index is 407. The molecule has 1 aromatic rings. The number of hydrogen-bond donors (Lipinski definition) is 1. The summed E-state index contributed by atoms with van der Waals surface area (Å²) >= 11 is 0. The van der Waals surface area contributed by atoms with Crippen molar-refractivity contribution >= 4 is 18.2 Å². The number of ether oxygens (including phenoxy) is 1. The van der Waals surface area contributed by atoms with Gasteiger partial charge in [0.25, 0.3) is 0 Å². The molecule has 0 unspecified atom stereocenters. The molecule has 0 aliphatic carbocycles. The molecule has 0 atom stereocenters. The van der Waals surface area contributed by atoms with E-state index in [0.717, 1.165) is 0 Å². The summed E-state index contributed by atoms with van der Waals surface area (Å²) in [4.78, 5) is 15.4. The molecule has 0 aliphatic rings. The fourth-order valence-corrected chi connectivity index (χ4v) is 1.10. The molecular weight excluding hydrogens is 208 g/mol. The molecule has 1 heterocycles. The van der Waals surface area contributed by atoms with E-state index in [1.165, 1.54) is 0 Å². The molecule has 1 aromatic heterocycles. The van der Waals surface area contributed by atoms with Gasteiger partial charge >= 0.3 is 5.97 Å². The SMILES string of the molecule is C=Cn1ccnc1C=C(C)C(=O)OCCO. The minimum atomic E-state index is -0.465. The van der Waals surface area contributed by atoms with Crippen LogP contribution >= 0.6 is 0 Å². The standard InChI is InChI=1S/C11H14N2O3/c1-3-13-5-4-12-10(13)8-9(2)11(15)16-7-6-14/h3-5,8,14H,1,6-7H2,2H3. The highest BCUT2D eigenvalue weighted by molar-refractivity contribution is 5.92. The summed E-state index contributed by atoms with van der Waals surface area (Å²) in [5.74, 6) is 0.140.